The summed E-state index contributed by atoms with van der Waals surface area (Å²) in [7, 11) is 1.70. The molecular weight excluding hydrogens is 238 g/mol. The second-order valence-electron chi connectivity index (χ2n) is 4.98. The van der Waals surface area contributed by atoms with E-state index in [2.05, 4.69) is 27.0 Å². The molecule has 0 saturated heterocycles. The van der Waals surface area contributed by atoms with E-state index >= 15 is 0 Å². The van der Waals surface area contributed by atoms with Gasteiger partial charge >= 0.3 is 0 Å². The van der Waals surface area contributed by atoms with Crippen LogP contribution >= 0.6 is 0 Å². The van der Waals surface area contributed by atoms with Crippen LogP contribution in [0.25, 0.3) is 0 Å². The van der Waals surface area contributed by atoms with Gasteiger partial charge in [0.05, 0.1) is 19.1 Å². The Labute approximate surface area is 113 Å². The van der Waals surface area contributed by atoms with Gasteiger partial charge in [0.15, 0.2) is 0 Å². The van der Waals surface area contributed by atoms with Gasteiger partial charge in [0, 0.05) is 25.3 Å². The highest BCUT2D eigenvalue weighted by atomic mass is 16.5. The molecule has 0 amide bonds. The van der Waals surface area contributed by atoms with Gasteiger partial charge in [0.25, 0.3) is 0 Å². The number of imidazole rings is 1. The summed E-state index contributed by atoms with van der Waals surface area (Å²) in [6, 6.07) is 8.84. The highest BCUT2D eigenvalue weighted by Gasteiger charge is 2.24. The molecule has 0 radical (unpaired) electrons. The molecule has 1 aliphatic carbocycles. The van der Waals surface area contributed by atoms with Crippen LogP contribution in [0, 0.1) is 0 Å². The van der Waals surface area contributed by atoms with Gasteiger partial charge in [0.1, 0.15) is 5.75 Å². The molecule has 0 aliphatic heterocycles. The molecule has 0 atom stereocenters. The molecule has 1 aliphatic rings. The summed E-state index contributed by atoms with van der Waals surface area (Å²) in [5.41, 5.74) is 2.50. The topological polar surface area (TPSA) is 39.1 Å². The Morgan fingerprint density at radius 1 is 1.37 bits per heavy atom. The average Bonchev–Trinajstić information content (AvgIpc) is 3.19. The zero-order valence-electron chi connectivity index (χ0n) is 11.2. The molecule has 100 valence electrons. The molecule has 0 unspecified atom stereocenters. The first kappa shape index (κ1) is 12.2. The fraction of sp³-hybridized carbons (Fsp3) is 0.400. The Bertz CT molecular complexity index is 546. The zero-order chi connectivity index (χ0) is 13.1. The van der Waals surface area contributed by atoms with Crippen molar-refractivity contribution in [2.24, 2.45) is 0 Å². The number of rotatable bonds is 6. The lowest BCUT2D eigenvalue weighted by Crippen LogP contribution is -2.15. The number of hydrogen-bond donors (Lipinski definition) is 1. The van der Waals surface area contributed by atoms with Crippen LogP contribution in [0.3, 0.4) is 0 Å². The highest BCUT2D eigenvalue weighted by Crippen LogP contribution is 2.35. The van der Waals surface area contributed by atoms with Gasteiger partial charge < -0.3 is 14.6 Å². The summed E-state index contributed by atoms with van der Waals surface area (Å²) in [6.07, 6.45) is 6.48. The van der Waals surface area contributed by atoms with Crippen molar-refractivity contribution in [3.05, 3.63) is 48.0 Å². The van der Waals surface area contributed by atoms with E-state index in [0.29, 0.717) is 6.04 Å². The van der Waals surface area contributed by atoms with Crippen LogP contribution in [0.1, 0.15) is 30.1 Å². The van der Waals surface area contributed by atoms with Gasteiger partial charge in [-0.25, -0.2) is 4.98 Å². The highest BCUT2D eigenvalue weighted by molar-refractivity contribution is 5.28. The van der Waals surface area contributed by atoms with Crippen LogP contribution < -0.4 is 10.1 Å². The van der Waals surface area contributed by atoms with E-state index in [1.165, 1.54) is 24.1 Å². The Hall–Kier alpha value is -1.81. The first-order valence-corrected chi connectivity index (χ1v) is 6.71. The van der Waals surface area contributed by atoms with E-state index in [9.17, 15) is 0 Å². The third kappa shape index (κ3) is 2.96. The summed E-state index contributed by atoms with van der Waals surface area (Å²) >= 11 is 0. The monoisotopic (exact) mass is 257 g/mol. The molecule has 19 heavy (non-hydrogen) atoms. The van der Waals surface area contributed by atoms with Crippen molar-refractivity contribution in [1.29, 1.82) is 0 Å². The van der Waals surface area contributed by atoms with Crippen molar-refractivity contribution in [2.45, 2.75) is 32.0 Å². The third-order valence-corrected chi connectivity index (χ3v) is 3.46. The Morgan fingerprint density at radius 3 is 3.05 bits per heavy atom. The number of hydrogen-bond acceptors (Lipinski definition) is 3. The van der Waals surface area contributed by atoms with Crippen LogP contribution in [-0.4, -0.2) is 16.7 Å². The van der Waals surface area contributed by atoms with E-state index in [1.54, 1.807) is 7.11 Å². The fourth-order valence-electron chi connectivity index (χ4n) is 2.27. The van der Waals surface area contributed by atoms with Gasteiger partial charge in [0.2, 0.25) is 0 Å². The molecule has 4 nitrogen and oxygen atoms in total. The summed E-state index contributed by atoms with van der Waals surface area (Å²) in [5, 5.41) is 3.46. The molecule has 1 N–H and O–H groups in total. The van der Waals surface area contributed by atoms with Crippen molar-refractivity contribution in [2.75, 3.05) is 7.11 Å². The Balaban J connectivity index is 1.56. The van der Waals surface area contributed by atoms with Gasteiger partial charge in [-0.2, -0.15) is 0 Å². The second-order valence-corrected chi connectivity index (χ2v) is 4.98. The predicted octanol–water partition coefficient (Wildman–Crippen LogP) is 2.52. The second kappa shape index (κ2) is 5.45. The molecule has 1 aromatic carbocycles. The van der Waals surface area contributed by atoms with E-state index in [0.717, 1.165) is 18.8 Å². The number of nitrogens with zero attached hydrogens (tertiary/aromatic N) is 2. The smallest absolute Gasteiger partial charge is 0.119 e. The van der Waals surface area contributed by atoms with E-state index < -0.39 is 0 Å². The van der Waals surface area contributed by atoms with E-state index in [-0.39, 0.29) is 0 Å². The molecule has 0 spiro atoms. The normalized spacial score (nSPS) is 14.6. The molecule has 4 heteroatoms. The molecule has 0 bridgehead atoms. The molecule has 1 fully saturated rings. The molecular formula is C15H19N3O. The molecule has 1 aromatic heterocycles. The van der Waals surface area contributed by atoms with Gasteiger partial charge in [-0.15, -0.1) is 0 Å². The number of ether oxygens (including phenoxy) is 1. The third-order valence-electron chi connectivity index (χ3n) is 3.46. The molecule has 3 rings (SSSR count). The van der Waals surface area contributed by atoms with Crippen molar-refractivity contribution < 1.29 is 4.74 Å². The lowest BCUT2D eigenvalue weighted by atomic mass is 10.2. The standard InChI is InChI=1S/C15H19N3O/c1-19-15-4-2-3-12(7-15)8-16-9-14-10-17-11-18(14)13-5-6-13/h2-4,7,10-11,13,16H,5-6,8-9H2,1H3. The van der Waals surface area contributed by atoms with E-state index in [1.807, 2.05) is 24.7 Å². The fourth-order valence-corrected chi connectivity index (χ4v) is 2.27. The van der Waals surface area contributed by atoms with Crippen LogP contribution in [-0.2, 0) is 13.1 Å². The molecule has 1 heterocycles. The van der Waals surface area contributed by atoms with Gasteiger partial charge in [-0.05, 0) is 30.5 Å². The molecule has 1 saturated carbocycles. The van der Waals surface area contributed by atoms with Gasteiger partial charge in [-0.1, -0.05) is 12.1 Å². The van der Waals surface area contributed by atoms with E-state index in [4.69, 9.17) is 4.74 Å². The largest absolute Gasteiger partial charge is 0.497 e. The first-order valence-electron chi connectivity index (χ1n) is 6.71. The SMILES string of the molecule is COc1cccc(CNCc2cncn2C2CC2)c1. The van der Waals surface area contributed by atoms with Crippen molar-refractivity contribution in [1.82, 2.24) is 14.9 Å². The molecule has 2 aromatic rings. The van der Waals surface area contributed by atoms with Crippen molar-refractivity contribution in [3.8, 4) is 5.75 Å². The summed E-state index contributed by atoms with van der Waals surface area (Å²) in [5.74, 6) is 0.905. The van der Waals surface area contributed by atoms with Gasteiger partial charge in [-0.3, -0.25) is 0 Å². The quantitative estimate of drug-likeness (QED) is 0.864. The minimum absolute atomic E-state index is 0.691. The average molecular weight is 257 g/mol. The maximum absolute atomic E-state index is 5.22. The van der Waals surface area contributed by atoms with Crippen LogP contribution in [0.5, 0.6) is 5.75 Å². The zero-order valence-corrected chi connectivity index (χ0v) is 11.2. The summed E-state index contributed by atoms with van der Waals surface area (Å²) in [6.45, 7) is 1.70. The lowest BCUT2D eigenvalue weighted by Gasteiger charge is -2.09. The Morgan fingerprint density at radius 2 is 2.26 bits per heavy atom. The maximum Gasteiger partial charge on any atom is 0.119 e. The van der Waals surface area contributed by atoms with Crippen molar-refractivity contribution in [3.63, 3.8) is 0 Å². The minimum atomic E-state index is 0.691. The van der Waals surface area contributed by atoms with Crippen LogP contribution in [0.15, 0.2) is 36.8 Å². The lowest BCUT2D eigenvalue weighted by molar-refractivity contribution is 0.414. The van der Waals surface area contributed by atoms with Crippen LogP contribution in [0.2, 0.25) is 0 Å². The number of nitrogens with one attached hydrogen (secondary N) is 1. The summed E-state index contributed by atoms with van der Waals surface area (Å²) in [4.78, 5) is 4.24. The number of benzene rings is 1. The van der Waals surface area contributed by atoms with Crippen molar-refractivity contribution >= 4 is 0 Å². The number of methoxy groups -OCH3 is 1. The summed E-state index contributed by atoms with van der Waals surface area (Å²) < 4.78 is 7.51. The minimum Gasteiger partial charge on any atom is -0.497 e. The first-order chi connectivity index (χ1) is 9.36. The number of aromatic nitrogens is 2. The Kier molecular flexibility index (Phi) is 3.51. The maximum atomic E-state index is 5.22. The van der Waals surface area contributed by atoms with Crippen LogP contribution in [0.4, 0.5) is 0 Å². The predicted molar refractivity (Wildman–Crippen MR) is 74.0 cm³/mol.